The summed E-state index contributed by atoms with van der Waals surface area (Å²) in [6.45, 7) is 1.98. The molecule has 0 aliphatic heterocycles. The van der Waals surface area contributed by atoms with Crippen LogP contribution in [0, 0.1) is 6.92 Å². The highest BCUT2D eigenvalue weighted by Gasteiger charge is 1.99. The molecular weight excluding hydrogens is 236 g/mol. The van der Waals surface area contributed by atoms with Gasteiger partial charge in [-0.2, -0.15) is 5.10 Å². The van der Waals surface area contributed by atoms with Crippen LogP contribution in [0.5, 0.6) is 0 Å². The average molecular weight is 243 g/mol. The lowest BCUT2D eigenvalue weighted by Gasteiger charge is -1.93. The molecule has 2 aromatic heterocycles. The minimum Gasteiger partial charge on any atom is -0.240 e. The maximum absolute atomic E-state index is 4.30. The first kappa shape index (κ1) is 8.01. The van der Waals surface area contributed by atoms with E-state index in [4.69, 9.17) is 0 Å². The molecule has 0 atom stereocenters. The third-order valence-corrected chi connectivity index (χ3v) is 3.03. The Morgan fingerprint density at radius 2 is 2.42 bits per heavy atom. The molecule has 0 aromatic carbocycles. The summed E-state index contributed by atoms with van der Waals surface area (Å²) in [7, 11) is 0. The molecular formula is C8H7BrN2S. The zero-order chi connectivity index (χ0) is 8.55. The van der Waals surface area contributed by atoms with E-state index in [-0.39, 0.29) is 0 Å². The molecule has 62 valence electrons. The van der Waals surface area contributed by atoms with E-state index in [0.717, 1.165) is 15.2 Å². The van der Waals surface area contributed by atoms with Gasteiger partial charge in [0, 0.05) is 11.6 Å². The zero-order valence-electron chi connectivity index (χ0n) is 6.49. The minimum atomic E-state index is 1.04. The first-order valence-corrected chi connectivity index (χ1v) is 5.19. The Morgan fingerprint density at radius 1 is 1.58 bits per heavy atom. The van der Waals surface area contributed by atoms with Crippen molar-refractivity contribution in [2.24, 2.45) is 0 Å². The number of aryl methyl sites for hydroxylation is 1. The molecule has 0 bridgehead atoms. The fourth-order valence-corrected chi connectivity index (χ4v) is 2.09. The maximum Gasteiger partial charge on any atom is 0.0764 e. The van der Waals surface area contributed by atoms with Crippen molar-refractivity contribution in [1.82, 2.24) is 9.78 Å². The van der Waals surface area contributed by atoms with E-state index in [0.29, 0.717) is 0 Å². The molecule has 0 amide bonds. The summed E-state index contributed by atoms with van der Waals surface area (Å²) in [4.78, 5) is 0. The molecule has 0 aliphatic rings. The standard InChI is InChI=1S/C8H7BrN2S/c1-6-2-3-11(10-6)7-4-8(9)12-5-7/h2-5H,1H3. The van der Waals surface area contributed by atoms with Gasteiger partial charge in [0.1, 0.15) is 0 Å². The monoisotopic (exact) mass is 242 g/mol. The van der Waals surface area contributed by atoms with E-state index in [9.17, 15) is 0 Å². The Hall–Kier alpha value is -0.610. The van der Waals surface area contributed by atoms with E-state index in [1.165, 1.54) is 0 Å². The number of halogens is 1. The van der Waals surface area contributed by atoms with Gasteiger partial charge >= 0.3 is 0 Å². The van der Waals surface area contributed by atoms with Crippen LogP contribution in [0.1, 0.15) is 5.69 Å². The molecule has 0 fully saturated rings. The Balaban J connectivity index is 2.43. The Morgan fingerprint density at radius 3 is 2.92 bits per heavy atom. The summed E-state index contributed by atoms with van der Waals surface area (Å²) in [6.07, 6.45) is 1.96. The van der Waals surface area contributed by atoms with E-state index in [1.807, 2.05) is 23.9 Å². The third-order valence-electron chi connectivity index (χ3n) is 1.54. The van der Waals surface area contributed by atoms with Crippen molar-refractivity contribution in [2.75, 3.05) is 0 Å². The van der Waals surface area contributed by atoms with Gasteiger partial charge in [-0.25, -0.2) is 4.68 Å². The van der Waals surface area contributed by atoms with Gasteiger partial charge in [0.05, 0.1) is 15.2 Å². The summed E-state index contributed by atoms with van der Waals surface area (Å²) < 4.78 is 3.00. The van der Waals surface area contributed by atoms with Crippen molar-refractivity contribution < 1.29 is 0 Å². The van der Waals surface area contributed by atoms with Gasteiger partial charge in [-0.1, -0.05) is 0 Å². The lowest BCUT2D eigenvalue weighted by atomic mass is 10.5. The summed E-state index contributed by atoms with van der Waals surface area (Å²) >= 11 is 5.08. The molecule has 12 heavy (non-hydrogen) atoms. The van der Waals surface area contributed by atoms with Gasteiger partial charge in [0.25, 0.3) is 0 Å². The van der Waals surface area contributed by atoms with Crippen LogP contribution >= 0.6 is 27.3 Å². The van der Waals surface area contributed by atoms with Crippen LogP contribution < -0.4 is 0 Å². The topological polar surface area (TPSA) is 17.8 Å². The van der Waals surface area contributed by atoms with Gasteiger partial charge in [0.15, 0.2) is 0 Å². The van der Waals surface area contributed by atoms with Crippen molar-refractivity contribution in [3.8, 4) is 5.69 Å². The molecule has 2 rings (SSSR count). The Bertz CT molecular complexity index is 353. The molecule has 0 N–H and O–H groups in total. The first-order valence-electron chi connectivity index (χ1n) is 3.52. The van der Waals surface area contributed by atoms with Gasteiger partial charge < -0.3 is 0 Å². The smallest absolute Gasteiger partial charge is 0.0764 e. The summed E-state index contributed by atoms with van der Waals surface area (Å²) in [5, 5.41) is 6.36. The third kappa shape index (κ3) is 1.44. The molecule has 0 radical (unpaired) electrons. The average Bonchev–Trinajstić information content (AvgIpc) is 2.58. The quantitative estimate of drug-likeness (QED) is 0.752. The van der Waals surface area contributed by atoms with Crippen molar-refractivity contribution in [2.45, 2.75) is 6.92 Å². The van der Waals surface area contributed by atoms with Crippen LogP contribution in [0.2, 0.25) is 0 Å². The highest BCUT2D eigenvalue weighted by Crippen LogP contribution is 2.22. The summed E-state index contributed by atoms with van der Waals surface area (Å²) in [5.41, 5.74) is 2.15. The molecule has 0 aliphatic carbocycles. The lowest BCUT2D eigenvalue weighted by Crippen LogP contribution is -1.91. The SMILES string of the molecule is Cc1ccn(-c2csc(Br)c2)n1. The number of thiophene rings is 1. The van der Waals surface area contributed by atoms with E-state index >= 15 is 0 Å². The number of nitrogens with zero attached hydrogens (tertiary/aromatic N) is 2. The second kappa shape index (κ2) is 3.03. The van der Waals surface area contributed by atoms with Crippen LogP contribution in [-0.4, -0.2) is 9.78 Å². The summed E-state index contributed by atoms with van der Waals surface area (Å²) in [6, 6.07) is 4.04. The molecule has 0 unspecified atom stereocenters. The predicted molar refractivity (Wildman–Crippen MR) is 53.9 cm³/mol. The fourth-order valence-electron chi connectivity index (χ4n) is 0.980. The van der Waals surface area contributed by atoms with E-state index in [2.05, 4.69) is 32.5 Å². The van der Waals surface area contributed by atoms with E-state index < -0.39 is 0 Å². The molecule has 2 heterocycles. The van der Waals surface area contributed by atoms with Crippen LogP contribution in [-0.2, 0) is 0 Å². The number of aromatic nitrogens is 2. The highest BCUT2D eigenvalue weighted by atomic mass is 79.9. The number of rotatable bonds is 1. The molecule has 0 saturated heterocycles. The van der Waals surface area contributed by atoms with Crippen LogP contribution in [0.4, 0.5) is 0 Å². The first-order chi connectivity index (χ1) is 5.75. The molecule has 2 nitrogen and oxygen atoms in total. The largest absolute Gasteiger partial charge is 0.240 e. The molecule has 0 spiro atoms. The van der Waals surface area contributed by atoms with Gasteiger partial charge in [-0.3, -0.25) is 0 Å². The summed E-state index contributed by atoms with van der Waals surface area (Å²) in [5.74, 6) is 0. The fraction of sp³-hybridized carbons (Fsp3) is 0.125. The molecule has 4 heteroatoms. The van der Waals surface area contributed by atoms with Crippen molar-refractivity contribution in [3.63, 3.8) is 0 Å². The van der Waals surface area contributed by atoms with Crippen molar-refractivity contribution in [1.29, 1.82) is 0 Å². The van der Waals surface area contributed by atoms with Gasteiger partial charge in [-0.15, -0.1) is 11.3 Å². The second-order valence-corrected chi connectivity index (χ2v) is 4.80. The van der Waals surface area contributed by atoms with Crippen molar-refractivity contribution >= 4 is 27.3 Å². The maximum atomic E-state index is 4.30. The van der Waals surface area contributed by atoms with E-state index in [1.54, 1.807) is 11.3 Å². The van der Waals surface area contributed by atoms with Crippen LogP contribution in [0.25, 0.3) is 5.69 Å². The molecule has 0 saturated carbocycles. The van der Waals surface area contributed by atoms with Crippen LogP contribution in [0.3, 0.4) is 0 Å². The second-order valence-electron chi connectivity index (χ2n) is 2.51. The molecule has 2 aromatic rings. The zero-order valence-corrected chi connectivity index (χ0v) is 8.89. The predicted octanol–water partition coefficient (Wildman–Crippen LogP) is 3.00. The Labute approximate surface area is 83.0 Å². The Kier molecular flexibility index (Phi) is 2.02. The van der Waals surface area contributed by atoms with Crippen LogP contribution in [0.15, 0.2) is 27.5 Å². The normalized spacial score (nSPS) is 10.5. The van der Waals surface area contributed by atoms with Gasteiger partial charge in [-0.05, 0) is 35.0 Å². The minimum absolute atomic E-state index is 1.04. The lowest BCUT2D eigenvalue weighted by molar-refractivity contribution is 0.866. The highest BCUT2D eigenvalue weighted by molar-refractivity contribution is 9.11. The number of hydrogen-bond acceptors (Lipinski definition) is 2. The van der Waals surface area contributed by atoms with Crippen molar-refractivity contribution in [3.05, 3.63) is 33.2 Å². The number of hydrogen-bond donors (Lipinski definition) is 0. The van der Waals surface area contributed by atoms with Gasteiger partial charge in [0.2, 0.25) is 0 Å².